The number of nitrogens with zero attached hydrogens (tertiary/aromatic N) is 2. The predicted octanol–water partition coefficient (Wildman–Crippen LogP) is 7.39. The first-order chi connectivity index (χ1) is 19.6. The molecular weight excluding hydrogens is 516 g/mol. The highest BCUT2D eigenvalue weighted by molar-refractivity contribution is 5.95. The summed E-state index contributed by atoms with van der Waals surface area (Å²) in [6.45, 7) is 8.38. The molecule has 41 heavy (non-hydrogen) atoms. The highest BCUT2D eigenvalue weighted by Gasteiger charge is 2.27. The zero-order valence-electron chi connectivity index (χ0n) is 24.6. The lowest BCUT2D eigenvalue weighted by molar-refractivity contribution is 0.0598. The summed E-state index contributed by atoms with van der Waals surface area (Å²) in [6.07, 6.45) is 1.99. The number of rotatable bonds is 9. The van der Waals surface area contributed by atoms with Crippen LogP contribution in [0.3, 0.4) is 0 Å². The third kappa shape index (κ3) is 6.72. The highest BCUT2D eigenvalue weighted by atomic mass is 16.6. The summed E-state index contributed by atoms with van der Waals surface area (Å²) >= 11 is 0. The number of hydrogen-bond acceptors (Lipinski definition) is 6. The number of ether oxygens (including phenoxy) is 3. The molecule has 0 spiro atoms. The van der Waals surface area contributed by atoms with Crippen LogP contribution < -0.4 is 19.7 Å². The number of aryl methyl sites for hydroxylation is 1. The van der Waals surface area contributed by atoms with E-state index in [4.69, 9.17) is 14.2 Å². The van der Waals surface area contributed by atoms with Gasteiger partial charge in [-0.05, 0) is 81.0 Å². The number of H-pyrrole nitrogens is 1. The van der Waals surface area contributed by atoms with Crippen molar-refractivity contribution in [3.8, 4) is 33.9 Å². The van der Waals surface area contributed by atoms with Crippen LogP contribution in [-0.2, 0) is 11.3 Å². The Morgan fingerprint density at radius 1 is 0.951 bits per heavy atom. The number of anilines is 2. The summed E-state index contributed by atoms with van der Waals surface area (Å²) in [5.74, 6) is 1.98. The molecule has 1 aromatic heterocycles. The molecule has 1 amide bonds. The Morgan fingerprint density at radius 3 is 2.22 bits per heavy atom. The normalized spacial score (nSPS) is 13.1. The van der Waals surface area contributed by atoms with E-state index in [1.807, 2.05) is 88.4 Å². The van der Waals surface area contributed by atoms with Crippen molar-refractivity contribution in [1.82, 2.24) is 15.5 Å². The van der Waals surface area contributed by atoms with Gasteiger partial charge in [0.2, 0.25) is 0 Å². The molecule has 5 rings (SSSR count). The van der Waals surface area contributed by atoms with Crippen LogP contribution >= 0.6 is 0 Å². The van der Waals surface area contributed by atoms with E-state index in [1.54, 1.807) is 14.2 Å². The fourth-order valence-electron chi connectivity index (χ4n) is 4.64. The van der Waals surface area contributed by atoms with Crippen LogP contribution in [0, 0.1) is 6.92 Å². The maximum absolute atomic E-state index is 13.4. The summed E-state index contributed by atoms with van der Waals surface area (Å²) in [4.78, 5) is 14.9. The maximum atomic E-state index is 13.4. The van der Waals surface area contributed by atoms with Crippen molar-refractivity contribution >= 4 is 17.6 Å². The Hall–Kier alpha value is -4.30. The Bertz CT molecular complexity index is 1500. The topological polar surface area (TPSA) is 88.7 Å². The summed E-state index contributed by atoms with van der Waals surface area (Å²) in [7, 11) is 3.31. The van der Waals surface area contributed by atoms with E-state index in [9.17, 15) is 4.79 Å². The van der Waals surface area contributed by atoms with E-state index < -0.39 is 11.7 Å². The second-order valence-corrected chi connectivity index (χ2v) is 11.4. The molecule has 214 valence electrons. The van der Waals surface area contributed by atoms with Crippen molar-refractivity contribution in [3.05, 3.63) is 77.9 Å². The molecule has 8 nitrogen and oxygen atoms in total. The van der Waals surface area contributed by atoms with E-state index >= 15 is 0 Å². The first kappa shape index (κ1) is 28.2. The maximum Gasteiger partial charge on any atom is 0.420 e. The van der Waals surface area contributed by atoms with E-state index in [2.05, 4.69) is 21.6 Å². The lowest BCUT2D eigenvalue weighted by Gasteiger charge is -2.26. The highest BCUT2D eigenvalue weighted by Crippen LogP contribution is 2.37. The molecule has 1 aliphatic rings. The van der Waals surface area contributed by atoms with Gasteiger partial charge < -0.3 is 19.5 Å². The second-order valence-electron chi connectivity index (χ2n) is 11.4. The molecule has 4 aromatic rings. The van der Waals surface area contributed by atoms with E-state index in [1.165, 1.54) is 17.7 Å². The molecule has 0 radical (unpaired) electrons. The third-order valence-corrected chi connectivity index (χ3v) is 6.96. The predicted molar refractivity (Wildman–Crippen MR) is 162 cm³/mol. The minimum atomic E-state index is -0.653. The van der Waals surface area contributed by atoms with Crippen LogP contribution in [0.5, 0.6) is 11.5 Å². The molecule has 1 saturated carbocycles. The fraction of sp³-hybridized carbons (Fsp3) is 0.333. The minimum absolute atomic E-state index is 0.453. The lowest BCUT2D eigenvalue weighted by atomic mass is 9.99. The standard InChI is InChI=1S/C33H38N4O4/c1-21-17-27(30(40-6)19-29(21)39-5)23-9-11-24(12-10-23)28-18-31(36-35-28)37(32(38)41-33(2,3)4)26-15-7-22(8-16-26)20-34-25-13-14-25/h7-12,15-19,25,34H,13-14,20H2,1-6H3,(H,35,36). The number of benzene rings is 3. The number of carbonyl (C=O) groups is 1. The fourth-order valence-corrected chi connectivity index (χ4v) is 4.64. The van der Waals surface area contributed by atoms with Crippen molar-refractivity contribution in [3.63, 3.8) is 0 Å². The molecule has 2 N–H and O–H groups in total. The summed E-state index contributed by atoms with van der Waals surface area (Å²) in [5, 5.41) is 11.1. The van der Waals surface area contributed by atoms with E-state index in [0.29, 0.717) is 17.5 Å². The Labute approximate surface area is 241 Å². The van der Waals surface area contributed by atoms with Gasteiger partial charge in [-0.25, -0.2) is 9.69 Å². The van der Waals surface area contributed by atoms with Gasteiger partial charge in [0.05, 0.1) is 25.6 Å². The number of methoxy groups -OCH3 is 2. The molecular formula is C33H38N4O4. The lowest BCUT2D eigenvalue weighted by Crippen LogP contribution is -2.34. The zero-order valence-corrected chi connectivity index (χ0v) is 24.6. The van der Waals surface area contributed by atoms with E-state index in [0.717, 1.165) is 51.6 Å². The SMILES string of the molecule is COc1cc(OC)c(-c2ccc(-c3cc(N(C(=O)OC(C)(C)C)c4ccc(CNC5CC5)cc4)n[nH]3)cc2)cc1C. The first-order valence-corrected chi connectivity index (χ1v) is 13.9. The molecule has 1 aliphatic carbocycles. The molecule has 8 heteroatoms. The van der Waals surface area contributed by atoms with Gasteiger partial charge in [-0.2, -0.15) is 5.10 Å². The molecule has 1 fully saturated rings. The largest absolute Gasteiger partial charge is 0.496 e. The molecule has 3 aromatic carbocycles. The van der Waals surface area contributed by atoms with Crippen LogP contribution in [-0.4, -0.2) is 42.2 Å². The Morgan fingerprint density at radius 2 is 1.61 bits per heavy atom. The molecule has 0 saturated heterocycles. The van der Waals surface area contributed by atoms with Crippen molar-refractivity contribution in [1.29, 1.82) is 0 Å². The second kappa shape index (κ2) is 11.7. The van der Waals surface area contributed by atoms with Crippen molar-refractivity contribution in [2.75, 3.05) is 19.1 Å². The molecule has 0 bridgehead atoms. The van der Waals surface area contributed by atoms with Crippen molar-refractivity contribution in [2.24, 2.45) is 0 Å². The summed E-state index contributed by atoms with van der Waals surface area (Å²) in [5.41, 5.74) is 5.93. The van der Waals surface area contributed by atoms with Crippen LogP contribution in [0.2, 0.25) is 0 Å². The van der Waals surface area contributed by atoms with Crippen LogP contribution in [0.1, 0.15) is 44.7 Å². The van der Waals surface area contributed by atoms with Gasteiger partial charge in [-0.3, -0.25) is 5.10 Å². The van der Waals surface area contributed by atoms with Crippen LogP contribution in [0.25, 0.3) is 22.4 Å². The molecule has 0 aliphatic heterocycles. The number of aromatic nitrogens is 2. The zero-order chi connectivity index (χ0) is 29.1. The van der Waals surface area contributed by atoms with Gasteiger partial charge >= 0.3 is 6.09 Å². The monoisotopic (exact) mass is 554 g/mol. The van der Waals surface area contributed by atoms with Crippen molar-refractivity contribution < 1.29 is 19.0 Å². The van der Waals surface area contributed by atoms with E-state index in [-0.39, 0.29) is 0 Å². The van der Waals surface area contributed by atoms with Gasteiger partial charge in [-0.15, -0.1) is 0 Å². The van der Waals surface area contributed by atoms with Gasteiger partial charge in [-0.1, -0.05) is 36.4 Å². The van der Waals surface area contributed by atoms with Gasteiger partial charge in [0, 0.05) is 30.3 Å². The first-order valence-electron chi connectivity index (χ1n) is 13.9. The Balaban J connectivity index is 1.41. The molecule has 0 unspecified atom stereocenters. The number of hydrogen-bond donors (Lipinski definition) is 2. The molecule has 1 heterocycles. The minimum Gasteiger partial charge on any atom is -0.496 e. The van der Waals surface area contributed by atoms with Gasteiger partial charge in [0.15, 0.2) is 5.82 Å². The molecule has 0 atom stereocenters. The number of carbonyl (C=O) groups excluding carboxylic acids is 1. The van der Waals surface area contributed by atoms with Crippen LogP contribution in [0.4, 0.5) is 16.3 Å². The third-order valence-electron chi connectivity index (χ3n) is 6.96. The van der Waals surface area contributed by atoms with Crippen LogP contribution in [0.15, 0.2) is 66.7 Å². The summed E-state index contributed by atoms with van der Waals surface area (Å²) in [6, 6.07) is 22.5. The summed E-state index contributed by atoms with van der Waals surface area (Å²) < 4.78 is 16.8. The van der Waals surface area contributed by atoms with Crippen molar-refractivity contribution in [2.45, 2.75) is 58.7 Å². The van der Waals surface area contributed by atoms with Gasteiger partial charge in [0.25, 0.3) is 0 Å². The average molecular weight is 555 g/mol. The number of nitrogens with one attached hydrogen (secondary N) is 2. The number of amides is 1. The Kier molecular flexibility index (Phi) is 8.03. The average Bonchev–Trinajstić information content (AvgIpc) is 3.66. The van der Waals surface area contributed by atoms with Gasteiger partial charge in [0.1, 0.15) is 17.1 Å². The quantitative estimate of drug-likeness (QED) is 0.224. The number of aromatic amines is 1. The smallest absolute Gasteiger partial charge is 0.420 e.